The number of nitrogen functional groups attached to an aromatic ring is 1. The fourth-order valence-electron chi connectivity index (χ4n) is 1.71. The van der Waals surface area contributed by atoms with Gasteiger partial charge >= 0.3 is 6.18 Å². The van der Waals surface area contributed by atoms with Gasteiger partial charge < -0.3 is 10.8 Å². The van der Waals surface area contributed by atoms with Gasteiger partial charge in [-0.2, -0.15) is 13.2 Å². The first-order valence-electron chi connectivity index (χ1n) is 5.85. The van der Waals surface area contributed by atoms with E-state index in [-0.39, 0.29) is 12.3 Å². The molecule has 0 heterocycles. The van der Waals surface area contributed by atoms with E-state index < -0.39 is 17.6 Å². The fraction of sp³-hybridized carbons (Fsp3) is 0.143. The van der Waals surface area contributed by atoms with Crippen molar-refractivity contribution < 1.29 is 22.7 Å². The van der Waals surface area contributed by atoms with Crippen LogP contribution in [0.3, 0.4) is 0 Å². The molecule has 0 aliphatic rings. The minimum absolute atomic E-state index is 0.0250. The molecule has 3 N–H and O–H groups in total. The van der Waals surface area contributed by atoms with Crippen molar-refractivity contribution in [2.24, 2.45) is 0 Å². The Kier molecular flexibility index (Phi) is 4.43. The van der Waals surface area contributed by atoms with Crippen molar-refractivity contribution in [3.05, 3.63) is 53.3 Å². The molecule has 0 saturated carbocycles. The van der Waals surface area contributed by atoms with E-state index >= 15 is 0 Å². The quantitative estimate of drug-likeness (QED) is 0.662. The summed E-state index contributed by atoms with van der Waals surface area (Å²) in [5, 5.41) is 9.18. The standard InChI is InChI=1S/C14H11F4NOS/c15-10-2-4-12(8(5-10)7-20)21-13-3-1-9(6-11(13)19)14(16,17)18/h1-6,20H,7,19H2. The van der Waals surface area contributed by atoms with Gasteiger partial charge in [-0.15, -0.1) is 0 Å². The zero-order chi connectivity index (χ0) is 15.6. The van der Waals surface area contributed by atoms with E-state index in [4.69, 9.17) is 5.73 Å². The largest absolute Gasteiger partial charge is 0.416 e. The Hall–Kier alpha value is -1.73. The lowest BCUT2D eigenvalue weighted by Gasteiger charge is -2.12. The number of hydrogen-bond acceptors (Lipinski definition) is 3. The van der Waals surface area contributed by atoms with E-state index in [2.05, 4.69) is 0 Å². The second kappa shape index (κ2) is 5.95. The fourth-order valence-corrected chi connectivity index (χ4v) is 2.65. The van der Waals surface area contributed by atoms with Crippen LogP contribution in [0.5, 0.6) is 0 Å². The van der Waals surface area contributed by atoms with Gasteiger partial charge in [-0.25, -0.2) is 4.39 Å². The summed E-state index contributed by atoms with van der Waals surface area (Å²) in [5.41, 5.74) is 5.12. The molecule has 0 bridgehead atoms. The zero-order valence-electron chi connectivity index (χ0n) is 10.6. The van der Waals surface area contributed by atoms with Crippen LogP contribution in [0.15, 0.2) is 46.2 Å². The van der Waals surface area contributed by atoms with Gasteiger partial charge in [0.25, 0.3) is 0 Å². The number of nitrogens with two attached hydrogens (primary N) is 1. The topological polar surface area (TPSA) is 46.2 Å². The molecule has 0 aromatic heterocycles. The van der Waals surface area contributed by atoms with E-state index in [1.807, 2.05) is 0 Å². The average molecular weight is 317 g/mol. The number of halogens is 4. The number of hydrogen-bond donors (Lipinski definition) is 2. The van der Waals surface area contributed by atoms with Crippen LogP contribution in [0.4, 0.5) is 23.2 Å². The predicted molar refractivity (Wildman–Crippen MR) is 72.3 cm³/mol. The molecule has 112 valence electrons. The highest BCUT2D eigenvalue weighted by Crippen LogP contribution is 2.38. The molecule has 7 heteroatoms. The summed E-state index contributed by atoms with van der Waals surface area (Å²) >= 11 is 1.07. The van der Waals surface area contributed by atoms with E-state index in [0.29, 0.717) is 15.4 Å². The van der Waals surface area contributed by atoms with Crippen LogP contribution in [0.25, 0.3) is 0 Å². The molecule has 0 amide bonds. The number of alkyl halides is 3. The third-order valence-electron chi connectivity index (χ3n) is 2.75. The van der Waals surface area contributed by atoms with Gasteiger partial charge in [-0.05, 0) is 42.0 Å². The molecule has 0 fully saturated rings. The number of anilines is 1. The van der Waals surface area contributed by atoms with Crippen molar-refractivity contribution in [1.82, 2.24) is 0 Å². The second-order valence-corrected chi connectivity index (χ2v) is 5.35. The molecule has 0 spiro atoms. The van der Waals surface area contributed by atoms with E-state index in [9.17, 15) is 22.7 Å². The predicted octanol–water partition coefficient (Wildman–Crippen LogP) is 4.07. The van der Waals surface area contributed by atoms with Crippen LogP contribution >= 0.6 is 11.8 Å². The molecule has 21 heavy (non-hydrogen) atoms. The maximum atomic E-state index is 13.1. The van der Waals surface area contributed by atoms with Gasteiger partial charge in [-0.1, -0.05) is 11.8 Å². The molecule has 2 rings (SSSR count). The van der Waals surface area contributed by atoms with Crippen LogP contribution in [-0.4, -0.2) is 5.11 Å². The smallest absolute Gasteiger partial charge is 0.398 e. The van der Waals surface area contributed by atoms with Crippen molar-refractivity contribution in [1.29, 1.82) is 0 Å². The SMILES string of the molecule is Nc1cc(C(F)(F)F)ccc1Sc1ccc(F)cc1CO. The molecule has 0 radical (unpaired) electrons. The van der Waals surface area contributed by atoms with E-state index in [0.717, 1.165) is 23.9 Å². The van der Waals surface area contributed by atoms with Gasteiger partial charge in [0.1, 0.15) is 5.82 Å². The number of aliphatic hydroxyl groups excluding tert-OH is 1. The molecular weight excluding hydrogens is 306 g/mol. The second-order valence-electron chi connectivity index (χ2n) is 4.26. The highest BCUT2D eigenvalue weighted by Gasteiger charge is 2.30. The Labute approximate surface area is 122 Å². The third-order valence-corrected chi connectivity index (χ3v) is 3.96. The molecule has 2 aromatic rings. The summed E-state index contributed by atoms with van der Waals surface area (Å²) in [6.45, 7) is -0.374. The molecule has 2 aromatic carbocycles. The first-order valence-corrected chi connectivity index (χ1v) is 6.67. The first-order chi connectivity index (χ1) is 9.81. The average Bonchev–Trinajstić information content (AvgIpc) is 2.41. The molecule has 0 aliphatic carbocycles. The minimum Gasteiger partial charge on any atom is -0.398 e. The maximum absolute atomic E-state index is 13.1. The Morgan fingerprint density at radius 2 is 1.71 bits per heavy atom. The third kappa shape index (κ3) is 3.68. The van der Waals surface area contributed by atoms with E-state index in [1.54, 1.807) is 0 Å². The van der Waals surface area contributed by atoms with Crippen LogP contribution in [-0.2, 0) is 12.8 Å². The molecule has 0 atom stereocenters. The van der Waals surface area contributed by atoms with Gasteiger partial charge in [0.05, 0.1) is 12.2 Å². The summed E-state index contributed by atoms with van der Waals surface area (Å²) in [4.78, 5) is 0.940. The summed E-state index contributed by atoms with van der Waals surface area (Å²) in [5.74, 6) is -0.496. The maximum Gasteiger partial charge on any atom is 0.416 e. The van der Waals surface area contributed by atoms with Crippen molar-refractivity contribution in [2.75, 3.05) is 5.73 Å². The lowest BCUT2D eigenvalue weighted by atomic mass is 10.2. The van der Waals surface area contributed by atoms with Gasteiger partial charge in [0.15, 0.2) is 0 Å². The number of benzene rings is 2. The zero-order valence-corrected chi connectivity index (χ0v) is 11.4. The molecular formula is C14H11F4NOS. The van der Waals surface area contributed by atoms with Crippen molar-refractivity contribution in [3.63, 3.8) is 0 Å². The van der Waals surface area contributed by atoms with Crippen LogP contribution < -0.4 is 5.73 Å². The molecule has 0 aliphatic heterocycles. The highest BCUT2D eigenvalue weighted by molar-refractivity contribution is 7.99. The highest BCUT2D eigenvalue weighted by atomic mass is 32.2. The van der Waals surface area contributed by atoms with Gasteiger partial charge in [0, 0.05) is 15.5 Å². The monoisotopic (exact) mass is 317 g/mol. The number of aliphatic hydroxyl groups is 1. The van der Waals surface area contributed by atoms with Gasteiger partial charge in [-0.3, -0.25) is 0 Å². The van der Waals surface area contributed by atoms with Crippen molar-refractivity contribution in [2.45, 2.75) is 22.6 Å². The lowest BCUT2D eigenvalue weighted by Crippen LogP contribution is -2.05. The molecule has 0 saturated heterocycles. The number of rotatable bonds is 3. The molecule has 2 nitrogen and oxygen atoms in total. The van der Waals surface area contributed by atoms with Crippen molar-refractivity contribution in [3.8, 4) is 0 Å². The van der Waals surface area contributed by atoms with Crippen LogP contribution in [0.2, 0.25) is 0 Å². The summed E-state index contributed by atoms with van der Waals surface area (Å²) < 4.78 is 50.7. The molecule has 0 unspecified atom stereocenters. The summed E-state index contributed by atoms with van der Waals surface area (Å²) in [6.07, 6.45) is -4.45. The summed E-state index contributed by atoms with van der Waals surface area (Å²) in [6, 6.07) is 6.87. The van der Waals surface area contributed by atoms with Crippen LogP contribution in [0.1, 0.15) is 11.1 Å². The Balaban J connectivity index is 2.32. The Morgan fingerprint density at radius 1 is 1.05 bits per heavy atom. The lowest BCUT2D eigenvalue weighted by molar-refractivity contribution is -0.137. The van der Waals surface area contributed by atoms with Crippen molar-refractivity contribution >= 4 is 17.4 Å². The Morgan fingerprint density at radius 3 is 2.29 bits per heavy atom. The first kappa shape index (κ1) is 15.7. The normalized spacial score (nSPS) is 11.7. The summed E-state index contributed by atoms with van der Waals surface area (Å²) in [7, 11) is 0. The van der Waals surface area contributed by atoms with E-state index in [1.165, 1.54) is 24.3 Å². The minimum atomic E-state index is -4.45. The Bertz CT molecular complexity index is 658. The van der Waals surface area contributed by atoms with Gasteiger partial charge in [0.2, 0.25) is 0 Å². The van der Waals surface area contributed by atoms with Crippen LogP contribution in [0, 0.1) is 5.82 Å².